The van der Waals surface area contributed by atoms with E-state index < -0.39 is 5.92 Å². The SMILES string of the molecule is CCOc1ccc(NC(=O)C2=C(C)NC(SCC(=O)Nc3cccc(Cl)c3C)=C(C#N)[C@@H]2c2ccco2)cc1. The lowest BCUT2D eigenvalue weighted by Gasteiger charge is -2.28. The van der Waals surface area contributed by atoms with Crippen LogP contribution in [0.3, 0.4) is 0 Å². The Morgan fingerprint density at radius 2 is 1.90 bits per heavy atom. The van der Waals surface area contributed by atoms with Gasteiger partial charge in [0.25, 0.3) is 5.91 Å². The minimum Gasteiger partial charge on any atom is -0.494 e. The van der Waals surface area contributed by atoms with Crippen LogP contribution in [0.25, 0.3) is 0 Å². The van der Waals surface area contributed by atoms with Crippen LogP contribution in [0.4, 0.5) is 11.4 Å². The third-order valence-corrected chi connectivity index (χ3v) is 7.46. The molecule has 1 aliphatic heterocycles. The van der Waals surface area contributed by atoms with E-state index in [1.807, 2.05) is 13.8 Å². The molecule has 0 fully saturated rings. The van der Waals surface area contributed by atoms with E-state index in [1.165, 1.54) is 18.0 Å². The molecule has 0 radical (unpaired) electrons. The standard InChI is InChI=1S/C29H27ClN4O4S/c1-4-37-20-12-10-19(11-13-20)33-28(36)26-18(3)32-29(21(15-31)27(26)24-9-6-14-38-24)39-16-25(35)34-23-8-5-7-22(30)17(23)2/h5-14,27,32H,4,16H2,1-3H3,(H,33,36)(H,34,35)/t27-/m1/s1. The van der Waals surface area contributed by atoms with Crippen LogP contribution in [0.1, 0.15) is 31.1 Å². The minimum atomic E-state index is -0.755. The molecule has 1 aliphatic rings. The molecule has 0 spiro atoms. The quantitative estimate of drug-likeness (QED) is 0.278. The first-order chi connectivity index (χ1) is 18.8. The fraction of sp³-hybridized carbons (Fsp3) is 0.207. The fourth-order valence-corrected chi connectivity index (χ4v) is 5.20. The van der Waals surface area contributed by atoms with Gasteiger partial charge in [0.2, 0.25) is 5.91 Å². The van der Waals surface area contributed by atoms with Gasteiger partial charge in [0, 0.05) is 22.1 Å². The van der Waals surface area contributed by atoms with E-state index in [9.17, 15) is 14.9 Å². The Labute approximate surface area is 236 Å². The normalized spacial score (nSPS) is 14.9. The minimum absolute atomic E-state index is 0.0331. The summed E-state index contributed by atoms with van der Waals surface area (Å²) in [5, 5.41) is 20.1. The maximum absolute atomic E-state index is 13.5. The number of amides is 2. The Kier molecular flexibility index (Phi) is 9.02. The average Bonchev–Trinajstić information content (AvgIpc) is 3.45. The van der Waals surface area contributed by atoms with Gasteiger partial charge in [-0.25, -0.2) is 0 Å². The van der Waals surface area contributed by atoms with Gasteiger partial charge in [-0.15, -0.1) is 0 Å². The topological polar surface area (TPSA) is 116 Å². The van der Waals surface area contributed by atoms with Crippen LogP contribution in [0.15, 0.2) is 87.1 Å². The third kappa shape index (κ3) is 6.48. The summed E-state index contributed by atoms with van der Waals surface area (Å²) >= 11 is 7.34. The lowest BCUT2D eigenvalue weighted by atomic mass is 9.85. The summed E-state index contributed by atoms with van der Waals surface area (Å²) in [6, 6.07) is 18.0. The molecular formula is C29H27ClN4O4S. The number of anilines is 2. The number of benzene rings is 2. The van der Waals surface area contributed by atoms with Gasteiger partial charge in [-0.2, -0.15) is 5.26 Å². The van der Waals surface area contributed by atoms with Gasteiger partial charge in [-0.05, 0) is 74.9 Å². The number of hydrogen-bond acceptors (Lipinski definition) is 7. The van der Waals surface area contributed by atoms with Crippen LogP contribution in [-0.4, -0.2) is 24.2 Å². The highest BCUT2D eigenvalue weighted by molar-refractivity contribution is 8.03. The number of nitrogens with one attached hydrogen (secondary N) is 3. The second-order valence-corrected chi connectivity index (χ2v) is 10.0. The molecule has 200 valence electrons. The monoisotopic (exact) mass is 562 g/mol. The fourth-order valence-electron chi connectivity index (χ4n) is 4.13. The lowest BCUT2D eigenvalue weighted by molar-refractivity contribution is -0.114. The number of dihydropyridines is 1. The van der Waals surface area contributed by atoms with Crippen molar-refractivity contribution in [1.29, 1.82) is 5.26 Å². The molecule has 4 rings (SSSR count). The maximum Gasteiger partial charge on any atom is 0.254 e. The molecule has 2 amide bonds. The van der Waals surface area contributed by atoms with E-state index in [-0.39, 0.29) is 23.1 Å². The summed E-state index contributed by atoms with van der Waals surface area (Å²) in [5.41, 5.74) is 3.15. The van der Waals surface area contributed by atoms with Crippen molar-refractivity contribution in [3.63, 3.8) is 0 Å². The van der Waals surface area contributed by atoms with Crippen molar-refractivity contribution >= 4 is 46.6 Å². The first-order valence-corrected chi connectivity index (χ1v) is 13.6. The van der Waals surface area contributed by atoms with E-state index in [4.69, 9.17) is 20.8 Å². The Morgan fingerprint density at radius 1 is 1.13 bits per heavy atom. The van der Waals surface area contributed by atoms with Crippen LogP contribution in [0.5, 0.6) is 5.75 Å². The Balaban J connectivity index is 1.56. The van der Waals surface area contributed by atoms with Crippen molar-refractivity contribution in [3.05, 3.63) is 99.1 Å². The first kappa shape index (κ1) is 27.9. The number of carbonyl (C=O) groups is 2. The van der Waals surface area contributed by atoms with E-state index in [0.717, 1.165) is 5.56 Å². The Hall–Kier alpha value is -4.13. The van der Waals surface area contributed by atoms with E-state index in [1.54, 1.807) is 61.5 Å². The van der Waals surface area contributed by atoms with Crippen LogP contribution < -0.4 is 20.7 Å². The molecule has 0 saturated heterocycles. The summed E-state index contributed by atoms with van der Waals surface area (Å²) in [6.45, 7) is 6.02. The van der Waals surface area contributed by atoms with Crippen LogP contribution in [-0.2, 0) is 9.59 Å². The number of halogens is 1. The molecule has 1 aromatic heterocycles. The number of furan rings is 1. The van der Waals surface area contributed by atoms with Gasteiger partial charge >= 0.3 is 0 Å². The van der Waals surface area contributed by atoms with Crippen molar-refractivity contribution in [2.45, 2.75) is 26.7 Å². The number of allylic oxidation sites excluding steroid dienone is 2. The molecule has 39 heavy (non-hydrogen) atoms. The van der Waals surface area contributed by atoms with Crippen LogP contribution in [0, 0.1) is 18.3 Å². The number of nitriles is 1. The molecule has 2 aromatic carbocycles. The lowest BCUT2D eigenvalue weighted by Crippen LogP contribution is -2.31. The van der Waals surface area contributed by atoms with Crippen molar-refractivity contribution in [2.75, 3.05) is 23.0 Å². The van der Waals surface area contributed by atoms with Gasteiger partial charge in [0.15, 0.2) is 0 Å². The molecular weight excluding hydrogens is 536 g/mol. The van der Waals surface area contributed by atoms with Gasteiger partial charge in [-0.1, -0.05) is 29.4 Å². The zero-order chi connectivity index (χ0) is 27.9. The second-order valence-electron chi connectivity index (χ2n) is 8.63. The highest BCUT2D eigenvalue weighted by Crippen LogP contribution is 2.41. The molecule has 1 atom stereocenters. The molecule has 2 heterocycles. The van der Waals surface area contributed by atoms with Gasteiger partial charge in [-0.3, -0.25) is 9.59 Å². The largest absolute Gasteiger partial charge is 0.494 e. The number of carbonyl (C=O) groups excluding carboxylic acids is 2. The van der Waals surface area contributed by atoms with Crippen molar-refractivity contribution in [1.82, 2.24) is 5.32 Å². The highest BCUT2D eigenvalue weighted by atomic mass is 35.5. The maximum atomic E-state index is 13.5. The molecule has 3 N–H and O–H groups in total. The Morgan fingerprint density at radius 3 is 2.56 bits per heavy atom. The van der Waals surface area contributed by atoms with Crippen LogP contribution in [0.2, 0.25) is 5.02 Å². The van der Waals surface area contributed by atoms with Gasteiger partial charge < -0.3 is 25.1 Å². The zero-order valence-electron chi connectivity index (χ0n) is 21.6. The average molecular weight is 563 g/mol. The zero-order valence-corrected chi connectivity index (χ0v) is 23.2. The second kappa shape index (κ2) is 12.6. The molecule has 0 aliphatic carbocycles. The van der Waals surface area contributed by atoms with E-state index in [2.05, 4.69) is 22.0 Å². The molecule has 3 aromatic rings. The molecule has 0 saturated carbocycles. The van der Waals surface area contributed by atoms with Gasteiger partial charge in [0.05, 0.1) is 46.8 Å². The third-order valence-electron chi connectivity index (χ3n) is 6.03. The number of rotatable bonds is 9. The number of hydrogen-bond donors (Lipinski definition) is 3. The molecule has 0 unspecified atom stereocenters. The summed E-state index contributed by atoms with van der Waals surface area (Å²) < 4.78 is 11.1. The van der Waals surface area contributed by atoms with E-state index in [0.29, 0.717) is 50.8 Å². The number of ether oxygens (including phenoxy) is 1. The number of nitrogens with zero attached hydrogens (tertiary/aromatic N) is 1. The summed E-state index contributed by atoms with van der Waals surface area (Å²) in [7, 11) is 0. The van der Waals surface area contributed by atoms with Crippen molar-refractivity contribution in [3.8, 4) is 11.8 Å². The Bertz CT molecular complexity index is 1470. The predicted molar refractivity (Wildman–Crippen MR) is 153 cm³/mol. The molecule has 8 nitrogen and oxygen atoms in total. The van der Waals surface area contributed by atoms with Gasteiger partial charge in [0.1, 0.15) is 11.5 Å². The first-order valence-electron chi connectivity index (χ1n) is 12.2. The van der Waals surface area contributed by atoms with E-state index >= 15 is 0 Å². The molecule has 10 heteroatoms. The summed E-state index contributed by atoms with van der Waals surface area (Å²) in [4.78, 5) is 26.2. The van der Waals surface area contributed by atoms with Crippen molar-refractivity contribution < 1.29 is 18.7 Å². The predicted octanol–water partition coefficient (Wildman–Crippen LogP) is 6.35. The highest BCUT2D eigenvalue weighted by Gasteiger charge is 2.36. The smallest absolute Gasteiger partial charge is 0.254 e. The van der Waals surface area contributed by atoms with Crippen LogP contribution >= 0.6 is 23.4 Å². The molecule has 0 bridgehead atoms. The summed E-state index contributed by atoms with van der Waals surface area (Å²) in [6.07, 6.45) is 1.50. The number of thioether (sulfide) groups is 1. The summed E-state index contributed by atoms with van der Waals surface area (Å²) in [5.74, 6) is -0.213. The van der Waals surface area contributed by atoms with Crippen molar-refractivity contribution in [2.24, 2.45) is 0 Å².